The molecule has 224 valence electrons. The van der Waals surface area contributed by atoms with E-state index >= 15 is 0 Å². The number of halogens is 1. The maximum Gasteiger partial charge on any atom is 0.290 e. The third-order valence-corrected chi connectivity index (χ3v) is 9.51. The lowest BCUT2D eigenvalue weighted by Crippen LogP contribution is -2.55. The number of carbonyl (C=O) groups is 3. The van der Waals surface area contributed by atoms with Gasteiger partial charge in [0.25, 0.3) is 6.47 Å². The fourth-order valence-electron chi connectivity index (χ4n) is 5.67. The molecule has 1 unspecified atom stereocenters. The van der Waals surface area contributed by atoms with Crippen molar-refractivity contribution < 1.29 is 32.6 Å². The van der Waals surface area contributed by atoms with Gasteiger partial charge in [0.05, 0.1) is 17.6 Å². The normalized spacial score (nSPS) is 22.7. The summed E-state index contributed by atoms with van der Waals surface area (Å²) in [6.07, 6.45) is 3.93. The van der Waals surface area contributed by atoms with E-state index < -0.39 is 22.1 Å². The van der Waals surface area contributed by atoms with Gasteiger partial charge in [0, 0.05) is 31.2 Å². The topological polar surface area (TPSA) is 137 Å². The van der Waals surface area contributed by atoms with E-state index in [1.807, 2.05) is 0 Å². The number of fused-ring (bicyclic) bond motifs is 1. The zero-order valence-electron chi connectivity index (χ0n) is 23.1. The Balaban J connectivity index is 0.00000124. The van der Waals surface area contributed by atoms with Crippen LogP contribution >= 0.6 is 11.6 Å². The van der Waals surface area contributed by atoms with Gasteiger partial charge in [-0.2, -0.15) is 4.72 Å². The van der Waals surface area contributed by atoms with Gasteiger partial charge in [-0.25, -0.2) is 8.42 Å². The van der Waals surface area contributed by atoms with Gasteiger partial charge in [-0.05, 0) is 74.3 Å². The minimum Gasteiger partial charge on any atom is -0.483 e. The van der Waals surface area contributed by atoms with Crippen LogP contribution in [0.15, 0.2) is 41.3 Å². The lowest BCUT2D eigenvalue weighted by Gasteiger charge is -2.38. The summed E-state index contributed by atoms with van der Waals surface area (Å²) < 4.78 is 34.7. The molecule has 3 aliphatic rings. The van der Waals surface area contributed by atoms with Gasteiger partial charge in [0.15, 0.2) is 0 Å². The molecule has 5 rings (SSSR count). The summed E-state index contributed by atoms with van der Waals surface area (Å²) in [6.45, 7) is 6.21. The van der Waals surface area contributed by atoms with Crippen molar-refractivity contribution in [2.75, 3.05) is 45.9 Å². The molecule has 0 saturated carbocycles. The molecule has 0 radical (unpaired) electrons. The molecule has 41 heavy (non-hydrogen) atoms. The molecule has 3 fully saturated rings. The number of piperidine rings is 1. The molecule has 13 heteroatoms. The number of carbonyl (C=O) groups excluding carboxylic acids is 2. The number of rotatable bonds is 7. The van der Waals surface area contributed by atoms with Crippen LogP contribution in [0.3, 0.4) is 0 Å². The quantitative estimate of drug-likeness (QED) is 0.457. The molecule has 2 N–H and O–H groups in total. The first-order valence-corrected chi connectivity index (χ1v) is 15.7. The van der Waals surface area contributed by atoms with Gasteiger partial charge in [0.2, 0.25) is 21.8 Å². The zero-order valence-corrected chi connectivity index (χ0v) is 24.6. The van der Waals surface area contributed by atoms with Crippen molar-refractivity contribution in [3.05, 3.63) is 41.4 Å². The number of ether oxygens (including phenoxy) is 1. The Morgan fingerprint density at radius 1 is 1.12 bits per heavy atom. The van der Waals surface area contributed by atoms with E-state index in [1.165, 1.54) is 30.2 Å². The highest BCUT2D eigenvalue weighted by atomic mass is 35.5. The van der Waals surface area contributed by atoms with E-state index in [2.05, 4.69) is 9.62 Å². The summed E-state index contributed by atoms with van der Waals surface area (Å²) in [4.78, 5) is 40.7. The zero-order chi connectivity index (χ0) is 29.6. The van der Waals surface area contributed by atoms with Crippen LogP contribution in [0, 0.1) is 0 Å². The van der Waals surface area contributed by atoms with Crippen molar-refractivity contribution in [3.8, 4) is 0 Å². The molecular weight excluding hydrogens is 572 g/mol. The van der Waals surface area contributed by atoms with E-state index in [1.54, 1.807) is 42.2 Å². The van der Waals surface area contributed by atoms with Gasteiger partial charge in [-0.1, -0.05) is 30.2 Å². The van der Waals surface area contributed by atoms with E-state index in [9.17, 15) is 18.0 Å². The van der Waals surface area contributed by atoms with Crippen LogP contribution in [0.25, 0.3) is 10.8 Å². The molecule has 11 nitrogen and oxygen atoms in total. The van der Waals surface area contributed by atoms with Crippen molar-refractivity contribution in [3.63, 3.8) is 0 Å². The number of likely N-dealkylation sites (tertiary alicyclic amines) is 2. The number of carboxylic acid groups (broad SMARTS) is 1. The van der Waals surface area contributed by atoms with Gasteiger partial charge >= 0.3 is 0 Å². The van der Waals surface area contributed by atoms with Crippen molar-refractivity contribution in [2.24, 2.45) is 0 Å². The summed E-state index contributed by atoms with van der Waals surface area (Å²) in [5.74, 6) is -0.498. The Hall–Kier alpha value is -2.77. The summed E-state index contributed by atoms with van der Waals surface area (Å²) in [7, 11) is -3.94. The van der Waals surface area contributed by atoms with E-state index in [4.69, 9.17) is 26.2 Å². The van der Waals surface area contributed by atoms with Crippen molar-refractivity contribution in [1.29, 1.82) is 0 Å². The molecule has 3 heterocycles. The van der Waals surface area contributed by atoms with Crippen LogP contribution in [-0.2, 0) is 29.1 Å². The molecule has 3 saturated heterocycles. The Morgan fingerprint density at radius 3 is 2.54 bits per heavy atom. The minimum atomic E-state index is -3.94. The maximum absolute atomic E-state index is 13.3. The summed E-state index contributed by atoms with van der Waals surface area (Å²) in [5.41, 5.74) is 0. The number of amides is 2. The average Bonchev–Trinajstić information content (AvgIpc) is 3.31. The number of hydrogen-bond acceptors (Lipinski definition) is 7. The largest absolute Gasteiger partial charge is 0.483 e. The lowest BCUT2D eigenvalue weighted by molar-refractivity contribution is -0.149. The SMILES string of the molecule is C[C@@H](C(=O)N1CCOC(CN2CCCCC2)C1)N1CC[C@H](NS(=O)(=O)c2ccc3cc(Cl)ccc3c2)C1=O.O=CO. The highest BCUT2D eigenvalue weighted by Crippen LogP contribution is 2.24. The Bertz CT molecular complexity index is 1350. The molecule has 2 aromatic rings. The fourth-order valence-corrected chi connectivity index (χ4v) is 7.11. The first-order chi connectivity index (χ1) is 19.6. The molecular formula is C28H37ClN4O7S. The second kappa shape index (κ2) is 13.9. The third kappa shape index (κ3) is 7.75. The number of nitrogens with zero attached hydrogens (tertiary/aromatic N) is 3. The standard InChI is InChI=1S/C27H35ClN4O5S.CH2O2/c1-19(26(33)31-13-14-37-23(18-31)17-30-10-3-2-4-11-30)32-12-9-25(27(32)34)29-38(35,36)24-8-6-20-15-22(28)7-5-21(20)16-24;2-1-3/h5-8,15-16,19,23,25,29H,2-4,9-14,17-18H2,1H3;1H,(H,2,3)/t19-,23?,25-;/m0./s1. The predicted molar refractivity (Wildman–Crippen MR) is 154 cm³/mol. The second-order valence-corrected chi connectivity index (χ2v) is 12.7. The van der Waals surface area contributed by atoms with Crippen LogP contribution in [0.5, 0.6) is 0 Å². The Morgan fingerprint density at radius 2 is 1.80 bits per heavy atom. The van der Waals surface area contributed by atoms with Gasteiger partial charge in [0.1, 0.15) is 12.1 Å². The van der Waals surface area contributed by atoms with Crippen LogP contribution in [0.2, 0.25) is 5.02 Å². The molecule has 0 bridgehead atoms. The molecule has 0 spiro atoms. The predicted octanol–water partition coefficient (Wildman–Crippen LogP) is 2.18. The molecule has 0 aromatic heterocycles. The van der Waals surface area contributed by atoms with Gasteiger partial charge < -0.3 is 24.5 Å². The van der Waals surface area contributed by atoms with Crippen LogP contribution < -0.4 is 4.72 Å². The number of morpholine rings is 1. The summed E-state index contributed by atoms with van der Waals surface area (Å²) in [6, 6.07) is 8.41. The molecule has 2 aromatic carbocycles. The lowest BCUT2D eigenvalue weighted by atomic mass is 10.1. The van der Waals surface area contributed by atoms with Crippen LogP contribution in [0.4, 0.5) is 0 Å². The third-order valence-electron chi connectivity index (χ3n) is 7.81. The second-order valence-electron chi connectivity index (χ2n) is 10.6. The average molecular weight is 609 g/mol. The van der Waals surface area contributed by atoms with Gasteiger partial charge in [-0.3, -0.25) is 14.4 Å². The first-order valence-electron chi connectivity index (χ1n) is 13.9. The highest BCUT2D eigenvalue weighted by molar-refractivity contribution is 7.89. The number of hydrogen-bond donors (Lipinski definition) is 2. The van der Waals surface area contributed by atoms with Crippen molar-refractivity contribution in [1.82, 2.24) is 19.4 Å². The molecule has 2 amide bonds. The summed E-state index contributed by atoms with van der Waals surface area (Å²) in [5, 5.41) is 9.02. The van der Waals surface area contributed by atoms with Crippen LogP contribution in [-0.4, -0.2) is 111 Å². The molecule has 3 aliphatic heterocycles. The number of benzene rings is 2. The number of nitrogens with one attached hydrogen (secondary N) is 1. The minimum absolute atomic E-state index is 0.0372. The Labute approximate surface area is 245 Å². The molecule has 0 aliphatic carbocycles. The van der Waals surface area contributed by atoms with Crippen molar-refractivity contribution >= 4 is 50.7 Å². The monoisotopic (exact) mass is 608 g/mol. The first kappa shape index (κ1) is 31.2. The Kier molecular flexibility index (Phi) is 10.6. The smallest absolute Gasteiger partial charge is 0.290 e. The van der Waals surface area contributed by atoms with E-state index in [-0.39, 0.29) is 29.3 Å². The van der Waals surface area contributed by atoms with E-state index in [0.29, 0.717) is 37.7 Å². The van der Waals surface area contributed by atoms with Gasteiger partial charge in [-0.15, -0.1) is 0 Å². The van der Waals surface area contributed by atoms with Crippen molar-refractivity contribution in [2.45, 2.75) is 55.7 Å². The molecule has 3 atom stereocenters. The highest BCUT2D eigenvalue weighted by Gasteiger charge is 2.41. The van der Waals surface area contributed by atoms with Crippen LogP contribution in [0.1, 0.15) is 32.6 Å². The maximum atomic E-state index is 13.3. The summed E-state index contributed by atoms with van der Waals surface area (Å²) >= 11 is 6.03. The van der Waals surface area contributed by atoms with E-state index in [0.717, 1.165) is 30.4 Å². The number of sulfonamides is 1. The fraction of sp³-hybridized carbons (Fsp3) is 0.536.